The van der Waals surface area contributed by atoms with Crippen LogP contribution in [-0.4, -0.2) is 27.3 Å². The molecule has 2 aromatic carbocycles. The summed E-state index contributed by atoms with van der Waals surface area (Å²) >= 11 is 17.3. The highest BCUT2D eigenvalue weighted by molar-refractivity contribution is 7.71. The topological polar surface area (TPSA) is 87.1 Å². The highest BCUT2D eigenvalue weighted by Crippen LogP contribution is 2.20. The summed E-state index contributed by atoms with van der Waals surface area (Å²) in [6.45, 7) is -0.100. The first-order chi connectivity index (χ1) is 12.9. The molecule has 0 fully saturated rings. The van der Waals surface area contributed by atoms with Gasteiger partial charge in [0.15, 0.2) is 5.78 Å². The number of nitrogens with two attached hydrogens (primary N) is 1. The van der Waals surface area contributed by atoms with Crippen LogP contribution >= 0.6 is 35.4 Å². The fourth-order valence-corrected chi connectivity index (χ4v) is 3.14. The number of carbonyl (C=O) groups is 1. The quantitative estimate of drug-likeness (QED) is 0.458. The second-order valence-electron chi connectivity index (χ2n) is 5.56. The lowest BCUT2D eigenvalue weighted by Crippen LogP contribution is -2.14. The molecule has 10 heteroatoms. The number of methoxy groups -OCH3 is 1. The maximum absolute atomic E-state index is 12.5. The number of carbonyl (C=O) groups excluding carboxylic acids is 1. The third-order valence-corrected chi connectivity index (χ3v) is 4.50. The van der Waals surface area contributed by atoms with E-state index in [0.29, 0.717) is 15.6 Å². The van der Waals surface area contributed by atoms with Crippen molar-refractivity contribution in [2.45, 2.75) is 6.54 Å². The molecule has 3 aromatic rings. The van der Waals surface area contributed by atoms with E-state index in [1.165, 1.54) is 21.5 Å². The summed E-state index contributed by atoms with van der Waals surface area (Å²) in [6.07, 6.45) is 0. The molecule has 0 spiro atoms. The van der Waals surface area contributed by atoms with Crippen molar-refractivity contribution in [1.82, 2.24) is 14.5 Å². The number of nitrogens with one attached hydrogen (secondary N) is 1. The summed E-state index contributed by atoms with van der Waals surface area (Å²) in [6, 6.07) is 11.8. The summed E-state index contributed by atoms with van der Waals surface area (Å²) < 4.78 is 8.11. The van der Waals surface area contributed by atoms with Crippen LogP contribution in [0.3, 0.4) is 0 Å². The zero-order valence-electron chi connectivity index (χ0n) is 14.1. The summed E-state index contributed by atoms with van der Waals surface area (Å²) in [7, 11) is 1.59. The first-order valence-electron chi connectivity index (χ1n) is 7.73. The number of aromatic nitrogens is 3. The van der Waals surface area contributed by atoms with Gasteiger partial charge in [0, 0.05) is 15.6 Å². The van der Waals surface area contributed by atoms with Gasteiger partial charge in [-0.1, -0.05) is 23.2 Å². The molecule has 1 heterocycles. The van der Waals surface area contributed by atoms with Gasteiger partial charge in [-0.3, -0.25) is 10.2 Å². The second-order valence-corrected chi connectivity index (χ2v) is 6.79. The molecule has 0 saturated heterocycles. The Labute approximate surface area is 170 Å². The third-order valence-electron chi connectivity index (χ3n) is 3.67. The van der Waals surface area contributed by atoms with Crippen molar-refractivity contribution in [3.63, 3.8) is 0 Å². The average Bonchev–Trinajstić information content (AvgIpc) is 2.89. The van der Waals surface area contributed by atoms with Gasteiger partial charge in [-0.15, -0.1) is 5.10 Å². The zero-order chi connectivity index (χ0) is 19.6. The van der Waals surface area contributed by atoms with E-state index in [-0.39, 0.29) is 23.0 Å². The number of ether oxygens (including phenoxy) is 1. The first-order valence-corrected chi connectivity index (χ1v) is 8.89. The Hall–Kier alpha value is -2.55. The number of hydrogen-bond donors (Lipinski definition) is 2. The van der Waals surface area contributed by atoms with Crippen molar-refractivity contribution in [2.24, 2.45) is 0 Å². The van der Waals surface area contributed by atoms with Crippen LogP contribution in [0.1, 0.15) is 10.4 Å². The summed E-state index contributed by atoms with van der Waals surface area (Å²) in [4.78, 5) is 12.5. The normalized spacial score (nSPS) is 10.6. The minimum atomic E-state index is -0.246. The number of nitrogens with zero attached hydrogens (tertiary/aromatic N) is 3. The Kier molecular flexibility index (Phi) is 5.69. The predicted octanol–water partition coefficient (Wildman–Crippen LogP) is 4.07. The molecule has 0 unspecified atom stereocenters. The van der Waals surface area contributed by atoms with E-state index in [2.05, 4.69) is 10.5 Å². The minimum absolute atomic E-state index is 0.100. The predicted molar refractivity (Wildman–Crippen MR) is 108 cm³/mol. The van der Waals surface area contributed by atoms with Crippen LogP contribution < -0.4 is 15.9 Å². The van der Waals surface area contributed by atoms with E-state index in [9.17, 15) is 4.79 Å². The molecule has 140 valence electrons. The van der Waals surface area contributed by atoms with E-state index in [1.807, 2.05) is 0 Å². The van der Waals surface area contributed by atoms with Gasteiger partial charge in [-0.05, 0) is 54.7 Å². The van der Waals surface area contributed by atoms with Crippen LogP contribution in [0.5, 0.6) is 5.75 Å². The van der Waals surface area contributed by atoms with Gasteiger partial charge in [0.2, 0.25) is 10.7 Å². The van der Waals surface area contributed by atoms with Crippen molar-refractivity contribution in [2.75, 3.05) is 18.3 Å². The number of nitrogen functional groups attached to an aromatic ring is 1. The Bertz CT molecular complexity index is 1030. The van der Waals surface area contributed by atoms with Crippen LogP contribution in [0, 0.1) is 4.77 Å². The third kappa shape index (κ3) is 4.41. The molecule has 0 saturated carbocycles. The van der Waals surface area contributed by atoms with E-state index in [4.69, 9.17) is 45.9 Å². The molecule has 0 bridgehead atoms. The van der Waals surface area contributed by atoms with E-state index >= 15 is 0 Å². The summed E-state index contributed by atoms with van der Waals surface area (Å²) in [5.74, 6) is 0.593. The smallest absolute Gasteiger partial charge is 0.240 e. The lowest BCUT2D eigenvalue weighted by atomic mass is 10.1. The fourth-order valence-electron chi connectivity index (χ4n) is 2.37. The molecule has 1 aromatic heterocycles. The molecule has 3 rings (SSSR count). The van der Waals surface area contributed by atoms with Crippen LogP contribution in [0.4, 0.5) is 11.6 Å². The number of Topliss-reactive ketones (excluding diaryl/α,β-unsaturated/α-hetero) is 1. The molecule has 0 amide bonds. The van der Waals surface area contributed by atoms with E-state index in [0.717, 1.165) is 11.4 Å². The van der Waals surface area contributed by atoms with Crippen molar-refractivity contribution in [3.05, 3.63) is 62.8 Å². The van der Waals surface area contributed by atoms with Crippen LogP contribution in [0.25, 0.3) is 0 Å². The number of benzene rings is 2. The highest BCUT2D eigenvalue weighted by Gasteiger charge is 2.14. The number of hydrogen-bond acceptors (Lipinski definition) is 6. The van der Waals surface area contributed by atoms with Crippen LogP contribution in [-0.2, 0) is 6.54 Å². The van der Waals surface area contributed by atoms with Gasteiger partial charge in [0.1, 0.15) is 12.3 Å². The molecule has 7 nitrogen and oxygen atoms in total. The Morgan fingerprint density at radius 1 is 1.22 bits per heavy atom. The maximum atomic E-state index is 12.5. The van der Waals surface area contributed by atoms with Crippen LogP contribution in [0.2, 0.25) is 10.0 Å². The SMILES string of the molecule is COc1ccc(Nn2c(N)nn(CC(=O)c3cc(Cl)cc(Cl)c3)c2=S)cc1. The van der Waals surface area contributed by atoms with Crippen molar-refractivity contribution in [3.8, 4) is 5.75 Å². The minimum Gasteiger partial charge on any atom is -0.497 e. The summed E-state index contributed by atoms with van der Waals surface area (Å²) in [5.41, 5.74) is 10.1. The van der Waals surface area contributed by atoms with Crippen molar-refractivity contribution in [1.29, 1.82) is 0 Å². The molecule has 3 N–H and O–H groups in total. The lowest BCUT2D eigenvalue weighted by molar-refractivity contribution is 0.0967. The number of ketones is 1. The molecule has 27 heavy (non-hydrogen) atoms. The monoisotopic (exact) mass is 423 g/mol. The second kappa shape index (κ2) is 7.99. The number of anilines is 2. The largest absolute Gasteiger partial charge is 0.497 e. The maximum Gasteiger partial charge on any atom is 0.240 e. The van der Waals surface area contributed by atoms with Gasteiger partial charge in [-0.2, -0.15) is 4.68 Å². The molecule has 0 atom stereocenters. The Morgan fingerprint density at radius 2 is 1.85 bits per heavy atom. The molecular weight excluding hydrogens is 409 g/mol. The van der Waals surface area contributed by atoms with Crippen LogP contribution in [0.15, 0.2) is 42.5 Å². The van der Waals surface area contributed by atoms with E-state index in [1.54, 1.807) is 37.4 Å². The lowest BCUT2D eigenvalue weighted by Gasteiger charge is -2.08. The van der Waals surface area contributed by atoms with Gasteiger partial charge in [-0.25, -0.2) is 4.68 Å². The Morgan fingerprint density at radius 3 is 2.44 bits per heavy atom. The van der Waals surface area contributed by atoms with Crippen molar-refractivity contribution >= 4 is 52.8 Å². The molecule has 0 aliphatic heterocycles. The van der Waals surface area contributed by atoms with Gasteiger partial charge < -0.3 is 10.5 Å². The Balaban J connectivity index is 1.82. The zero-order valence-corrected chi connectivity index (χ0v) is 16.5. The number of halogens is 2. The summed E-state index contributed by atoms with van der Waals surface area (Å²) in [5, 5.41) is 4.88. The van der Waals surface area contributed by atoms with Gasteiger partial charge >= 0.3 is 0 Å². The van der Waals surface area contributed by atoms with Crippen molar-refractivity contribution < 1.29 is 9.53 Å². The standard InChI is InChI=1S/C17H15Cl2N5O2S/c1-26-14-4-2-13(3-5-14)21-24-16(20)22-23(17(24)27)9-15(25)10-6-11(18)8-12(19)7-10/h2-8,21H,9H2,1H3,(H2,20,22). The molecular formula is C17H15Cl2N5O2S. The molecule has 0 aliphatic rings. The molecule has 0 radical (unpaired) electrons. The highest BCUT2D eigenvalue weighted by atomic mass is 35.5. The first kappa shape index (κ1) is 19.2. The van der Waals surface area contributed by atoms with Gasteiger partial charge in [0.05, 0.1) is 12.8 Å². The fraction of sp³-hybridized carbons (Fsp3) is 0.118. The average molecular weight is 424 g/mol. The van der Waals surface area contributed by atoms with Gasteiger partial charge in [0.25, 0.3) is 0 Å². The van der Waals surface area contributed by atoms with E-state index < -0.39 is 0 Å². The molecule has 0 aliphatic carbocycles. The number of rotatable bonds is 6.